The predicted octanol–water partition coefficient (Wildman–Crippen LogP) is 0.751. The summed E-state index contributed by atoms with van der Waals surface area (Å²) < 4.78 is 5.29. The average molecular weight is 286 g/mol. The van der Waals surface area contributed by atoms with E-state index in [1.54, 1.807) is 25.2 Å². The van der Waals surface area contributed by atoms with E-state index in [9.17, 15) is 9.59 Å². The highest BCUT2D eigenvalue weighted by Crippen LogP contribution is 2.33. The number of fused-ring (bicyclic) bond motifs is 1. The van der Waals surface area contributed by atoms with Gasteiger partial charge >= 0.3 is 0 Å². The van der Waals surface area contributed by atoms with Crippen molar-refractivity contribution in [2.45, 2.75) is 6.42 Å². The molecule has 1 aromatic carbocycles. The van der Waals surface area contributed by atoms with E-state index in [0.29, 0.717) is 23.7 Å². The molecule has 3 N–H and O–H groups in total. The summed E-state index contributed by atoms with van der Waals surface area (Å²) in [5.74, 6) is 0.366. The van der Waals surface area contributed by atoms with Gasteiger partial charge in [0, 0.05) is 25.7 Å². The lowest BCUT2D eigenvalue weighted by Crippen LogP contribution is -2.35. The molecule has 0 bridgehead atoms. The zero-order chi connectivity index (χ0) is 13.1. The molecule has 1 aliphatic heterocycles. The minimum atomic E-state index is -0.150. The van der Waals surface area contributed by atoms with E-state index < -0.39 is 0 Å². The smallest absolute Gasteiger partial charge is 0.264 e. The van der Waals surface area contributed by atoms with Crippen LogP contribution >= 0.6 is 12.4 Å². The van der Waals surface area contributed by atoms with Crippen LogP contribution in [0.3, 0.4) is 0 Å². The molecule has 0 aliphatic carbocycles. The topological polar surface area (TPSA) is 84.7 Å². The minimum Gasteiger partial charge on any atom is -0.482 e. The molecule has 0 fully saturated rings. The van der Waals surface area contributed by atoms with Gasteiger partial charge < -0.3 is 20.7 Å². The molecule has 1 heterocycles. The highest BCUT2D eigenvalue weighted by atomic mass is 35.5. The molecule has 1 aromatic rings. The SMILES string of the molecule is CN1C(=O)COc2ccc(NC(=O)CCN)cc21.Cl. The normalized spacial score (nSPS) is 13.2. The number of hydrogen-bond acceptors (Lipinski definition) is 4. The Bertz CT molecular complexity index is 493. The third-order valence-electron chi connectivity index (χ3n) is 2.70. The average Bonchev–Trinajstić information content (AvgIpc) is 2.35. The van der Waals surface area contributed by atoms with Gasteiger partial charge in [0.05, 0.1) is 5.69 Å². The Morgan fingerprint density at radius 3 is 2.95 bits per heavy atom. The molecule has 7 heteroatoms. The van der Waals surface area contributed by atoms with Crippen molar-refractivity contribution < 1.29 is 14.3 Å². The Balaban J connectivity index is 0.00000180. The number of nitrogens with zero attached hydrogens (tertiary/aromatic N) is 1. The second kappa shape index (κ2) is 6.40. The minimum absolute atomic E-state index is 0. The first-order valence-corrected chi connectivity index (χ1v) is 5.65. The maximum atomic E-state index is 11.5. The fourth-order valence-corrected chi connectivity index (χ4v) is 1.70. The zero-order valence-corrected chi connectivity index (χ0v) is 11.3. The fraction of sp³-hybridized carbons (Fsp3) is 0.333. The summed E-state index contributed by atoms with van der Waals surface area (Å²) in [6.45, 7) is 0.348. The van der Waals surface area contributed by atoms with Crippen LogP contribution < -0.4 is 20.7 Å². The van der Waals surface area contributed by atoms with Crippen LogP contribution in [-0.2, 0) is 9.59 Å². The van der Waals surface area contributed by atoms with Crippen molar-refractivity contribution in [3.8, 4) is 5.75 Å². The van der Waals surface area contributed by atoms with Gasteiger partial charge in [0.25, 0.3) is 5.91 Å². The number of ether oxygens (including phenoxy) is 1. The quantitative estimate of drug-likeness (QED) is 0.858. The predicted molar refractivity (Wildman–Crippen MR) is 74.9 cm³/mol. The second-order valence-corrected chi connectivity index (χ2v) is 4.01. The lowest BCUT2D eigenvalue weighted by molar-refractivity contribution is -0.121. The molecule has 104 valence electrons. The molecule has 0 saturated heterocycles. The molecule has 6 nitrogen and oxygen atoms in total. The van der Waals surface area contributed by atoms with Crippen molar-refractivity contribution in [2.24, 2.45) is 5.73 Å². The number of likely N-dealkylation sites (N-methyl/N-ethyl adjacent to an activating group) is 1. The van der Waals surface area contributed by atoms with Gasteiger partial charge in [-0.15, -0.1) is 12.4 Å². The summed E-state index contributed by atoms with van der Waals surface area (Å²) in [6.07, 6.45) is 0.266. The highest BCUT2D eigenvalue weighted by Gasteiger charge is 2.22. The Labute approximate surface area is 117 Å². The molecule has 19 heavy (non-hydrogen) atoms. The largest absolute Gasteiger partial charge is 0.482 e. The summed E-state index contributed by atoms with van der Waals surface area (Å²) in [6, 6.07) is 5.17. The number of nitrogens with one attached hydrogen (secondary N) is 1. The van der Waals surface area contributed by atoms with Crippen LogP contribution in [0.2, 0.25) is 0 Å². The Morgan fingerprint density at radius 2 is 2.26 bits per heavy atom. The highest BCUT2D eigenvalue weighted by molar-refractivity contribution is 5.99. The first-order valence-electron chi connectivity index (χ1n) is 5.65. The summed E-state index contributed by atoms with van der Waals surface area (Å²) in [7, 11) is 1.68. The van der Waals surface area contributed by atoms with Gasteiger partial charge in [0.15, 0.2) is 6.61 Å². The summed E-state index contributed by atoms with van der Waals surface area (Å²) in [4.78, 5) is 24.4. The molecular formula is C12H16ClN3O3. The van der Waals surface area contributed by atoms with Crippen LogP contribution in [-0.4, -0.2) is 32.0 Å². The van der Waals surface area contributed by atoms with E-state index >= 15 is 0 Å². The Kier molecular flexibility index (Phi) is 5.14. The molecule has 0 radical (unpaired) electrons. The van der Waals surface area contributed by atoms with Crippen molar-refractivity contribution in [1.82, 2.24) is 0 Å². The van der Waals surface area contributed by atoms with Crippen molar-refractivity contribution in [2.75, 3.05) is 30.4 Å². The monoisotopic (exact) mass is 285 g/mol. The van der Waals surface area contributed by atoms with E-state index in [1.165, 1.54) is 4.90 Å². The van der Waals surface area contributed by atoms with Crippen LogP contribution in [0, 0.1) is 0 Å². The Morgan fingerprint density at radius 1 is 1.53 bits per heavy atom. The van der Waals surface area contributed by atoms with E-state index in [-0.39, 0.29) is 37.2 Å². The molecule has 0 unspecified atom stereocenters. The maximum Gasteiger partial charge on any atom is 0.264 e. The molecule has 0 aromatic heterocycles. The number of benzene rings is 1. The number of anilines is 2. The fourth-order valence-electron chi connectivity index (χ4n) is 1.70. The van der Waals surface area contributed by atoms with Gasteiger partial charge in [-0.2, -0.15) is 0 Å². The van der Waals surface area contributed by atoms with Gasteiger partial charge in [0.2, 0.25) is 5.91 Å². The summed E-state index contributed by atoms with van der Waals surface area (Å²) in [5.41, 5.74) is 6.57. The van der Waals surface area contributed by atoms with Crippen LogP contribution in [0.25, 0.3) is 0 Å². The number of carbonyl (C=O) groups is 2. The van der Waals surface area contributed by atoms with Crippen LogP contribution in [0.5, 0.6) is 5.75 Å². The third-order valence-corrected chi connectivity index (χ3v) is 2.70. The molecule has 2 amide bonds. The number of nitrogens with two attached hydrogens (primary N) is 1. The zero-order valence-electron chi connectivity index (χ0n) is 10.5. The second-order valence-electron chi connectivity index (χ2n) is 4.01. The Hall–Kier alpha value is -1.79. The van der Waals surface area contributed by atoms with Gasteiger partial charge in [-0.3, -0.25) is 9.59 Å². The number of hydrogen-bond donors (Lipinski definition) is 2. The van der Waals surface area contributed by atoms with E-state index in [0.717, 1.165) is 0 Å². The first-order chi connectivity index (χ1) is 8.61. The molecule has 0 spiro atoms. The van der Waals surface area contributed by atoms with Gasteiger partial charge in [0.1, 0.15) is 5.75 Å². The van der Waals surface area contributed by atoms with Crippen molar-refractivity contribution in [1.29, 1.82) is 0 Å². The number of rotatable bonds is 3. The van der Waals surface area contributed by atoms with Crippen molar-refractivity contribution in [3.63, 3.8) is 0 Å². The molecule has 0 saturated carbocycles. The third kappa shape index (κ3) is 3.36. The molecule has 1 aliphatic rings. The van der Waals surface area contributed by atoms with Gasteiger partial charge in [-0.1, -0.05) is 0 Å². The number of amides is 2. The van der Waals surface area contributed by atoms with Gasteiger partial charge in [-0.25, -0.2) is 0 Å². The van der Waals surface area contributed by atoms with Gasteiger partial charge in [-0.05, 0) is 18.2 Å². The van der Waals surface area contributed by atoms with E-state index in [1.807, 2.05) is 0 Å². The van der Waals surface area contributed by atoms with Crippen LogP contribution in [0.4, 0.5) is 11.4 Å². The molecule has 2 rings (SSSR count). The molecule has 0 atom stereocenters. The number of halogens is 1. The van der Waals surface area contributed by atoms with Crippen LogP contribution in [0.15, 0.2) is 18.2 Å². The summed E-state index contributed by atoms with van der Waals surface area (Å²) in [5, 5.41) is 2.72. The van der Waals surface area contributed by atoms with E-state index in [2.05, 4.69) is 5.32 Å². The van der Waals surface area contributed by atoms with E-state index in [4.69, 9.17) is 10.5 Å². The maximum absolute atomic E-state index is 11.5. The molecular weight excluding hydrogens is 270 g/mol. The summed E-state index contributed by atoms with van der Waals surface area (Å²) >= 11 is 0. The lowest BCUT2D eigenvalue weighted by Gasteiger charge is -2.26. The standard InChI is InChI=1S/C12H15N3O3.ClH/c1-15-9-6-8(14-11(16)4-5-13)2-3-10(9)18-7-12(15)17;/h2-3,6H,4-5,7,13H2,1H3,(H,14,16);1H. The van der Waals surface area contributed by atoms with Crippen molar-refractivity contribution in [3.05, 3.63) is 18.2 Å². The first kappa shape index (κ1) is 15.3. The van der Waals surface area contributed by atoms with Crippen molar-refractivity contribution >= 4 is 35.6 Å². The number of carbonyl (C=O) groups excluding carboxylic acids is 2. The lowest BCUT2D eigenvalue weighted by atomic mass is 10.2. The van der Waals surface area contributed by atoms with Crippen LogP contribution in [0.1, 0.15) is 6.42 Å².